The molecule has 1 nitrogen and oxygen atoms in total. The van der Waals surface area contributed by atoms with Crippen LogP contribution >= 0.6 is 43.2 Å². The predicted octanol–water partition coefficient (Wildman–Crippen LogP) is 5.17. The first-order valence-electron chi connectivity index (χ1n) is 5.52. The molecule has 0 saturated heterocycles. The second-order valence-corrected chi connectivity index (χ2v) is 7.85. The molecule has 2 aromatic rings. The molecule has 19 heavy (non-hydrogen) atoms. The van der Waals surface area contributed by atoms with Crippen molar-refractivity contribution in [3.8, 4) is 0 Å². The molecule has 0 saturated carbocycles. The van der Waals surface area contributed by atoms with Crippen LogP contribution in [0.4, 0.5) is 8.78 Å². The quantitative estimate of drug-likeness (QED) is 0.735. The molecule has 0 aliphatic rings. The van der Waals surface area contributed by atoms with Gasteiger partial charge in [-0.1, -0.05) is 12.1 Å². The number of halogens is 4. The summed E-state index contributed by atoms with van der Waals surface area (Å²) in [6, 6.07) is 4.71. The Bertz CT molecular complexity index is 613. The van der Waals surface area contributed by atoms with E-state index >= 15 is 0 Å². The molecule has 0 fully saturated rings. The Morgan fingerprint density at radius 2 is 1.84 bits per heavy atom. The van der Waals surface area contributed by atoms with Gasteiger partial charge >= 0.3 is 0 Å². The second kappa shape index (κ2) is 5.99. The molecule has 0 amide bonds. The third-order valence-corrected chi connectivity index (χ3v) is 5.28. The van der Waals surface area contributed by atoms with E-state index in [4.69, 9.17) is 0 Å². The number of benzene rings is 1. The summed E-state index contributed by atoms with van der Waals surface area (Å²) < 4.78 is 29.6. The van der Waals surface area contributed by atoms with E-state index < -0.39 is 17.7 Å². The third-order valence-electron chi connectivity index (χ3n) is 2.90. The van der Waals surface area contributed by atoms with Gasteiger partial charge in [-0.25, -0.2) is 8.78 Å². The lowest BCUT2D eigenvalue weighted by Crippen LogP contribution is -2.19. The van der Waals surface area contributed by atoms with Crippen LogP contribution in [0.1, 0.15) is 22.7 Å². The molecule has 0 aliphatic carbocycles. The smallest absolute Gasteiger partial charge is 0.164 e. The number of thiophene rings is 1. The molecule has 0 spiro atoms. The molecule has 102 valence electrons. The Hall–Kier alpha value is -0.300. The highest BCUT2D eigenvalue weighted by molar-refractivity contribution is 9.12. The summed E-state index contributed by atoms with van der Waals surface area (Å²) in [5.41, 5.74) is 1.49. The fourth-order valence-corrected chi connectivity index (χ4v) is 4.81. The van der Waals surface area contributed by atoms with Crippen LogP contribution in [0.15, 0.2) is 25.8 Å². The molecule has 1 aromatic heterocycles. The van der Waals surface area contributed by atoms with E-state index in [0.29, 0.717) is 11.1 Å². The highest BCUT2D eigenvalue weighted by Crippen LogP contribution is 2.38. The lowest BCUT2D eigenvalue weighted by atomic mass is 9.99. The molecule has 1 N–H and O–H groups in total. The van der Waals surface area contributed by atoms with Crippen molar-refractivity contribution in [1.29, 1.82) is 0 Å². The third kappa shape index (κ3) is 2.91. The van der Waals surface area contributed by atoms with E-state index in [1.165, 1.54) is 11.3 Å². The monoisotopic (exact) mass is 409 g/mol. The topological polar surface area (TPSA) is 12.0 Å². The maximum atomic E-state index is 14.1. The van der Waals surface area contributed by atoms with Crippen LogP contribution in [-0.2, 0) is 0 Å². The molecule has 2 rings (SSSR count). The Morgan fingerprint density at radius 1 is 1.16 bits per heavy atom. The summed E-state index contributed by atoms with van der Waals surface area (Å²) in [6.07, 6.45) is 0. The summed E-state index contributed by atoms with van der Waals surface area (Å²) in [6.45, 7) is 1.55. The van der Waals surface area contributed by atoms with Gasteiger partial charge in [0.1, 0.15) is 0 Å². The summed E-state index contributed by atoms with van der Waals surface area (Å²) in [7, 11) is 1.72. The lowest BCUT2D eigenvalue weighted by Gasteiger charge is -2.18. The molecule has 1 aromatic carbocycles. The van der Waals surface area contributed by atoms with Crippen LogP contribution < -0.4 is 5.32 Å². The Kier molecular flexibility index (Phi) is 4.76. The fraction of sp³-hybridized carbons (Fsp3) is 0.231. The Morgan fingerprint density at radius 3 is 2.37 bits per heavy atom. The molecule has 0 aliphatic heterocycles. The number of hydrogen-bond donors (Lipinski definition) is 1. The second-order valence-electron chi connectivity index (χ2n) is 4.10. The van der Waals surface area contributed by atoms with Gasteiger partial charge in [0.15, 0.2) is 11.6 Å². The number of hydrogen-bond acceptors (Lipinski definition) is 2. The standard InChI is InChI=1S/C13H11Br2F2NS/c1-6-3-4-7(11(17)10(6)16)12(18-2)8-5-9(14)19-13(8)15/h3-5,12,18H,1-2H3. The lowest BCUT2D eigenvalue weighted by molar-refractivity contribution is 0.482. The maximum Gasteiger partial charge on any atom is 0.164 e. The zero-order valence-corrected chi connectivity index (χ0v) is 14.2. The predicted molar refractivity (Wildman–Crippen MR) is 81.7 cm³/mol. The van der Waals surface area contributed by atoms with E-state index in [9.17, 15) is 8.78 Å². The minimum Gasteiger partial charge on any atom is -0.309 e. The minimum atomic E-state index is -0.798. The van der Waals surface area contributed by atoms with Crippen LogP contribution in [0.2, 0.25) is 0 Å². The number of aryl methyl sites for hydroxylation is 1. The van der Waals surface area contributed by atoms with Gasteiger partial charge in [0, 0.05) is 5.56 Å². The molecule has 0 radical (unpaired) electrons. The van der Waals surface area contributed by atoms with Crippen LogP contribution in [-0.4, -0.2) is 7.05 Å². The van der Waals surface area contributed by atoms with Gasteiger partial charge in [0.05, 0.1) is 13.6 Å². The average molecular weight is 411 g/mol. The zero-order valence-electron chi connectivity index (χ0n) is 10.2. The van der Waals surface area contributed by atoms with Gasteiger partial charge in [-0.05, 0) is 63.0 Å². The Labute approximate surface area is 131 Å². The molecule has 6 heteroatoms. The van der Waals surface area contributed by atoms with E-state index in [0.717, 1.165) is 13.1 Å². The van der Waals surface area contributed by atoms with Crippen LogP contribution in [0, 0.1) is 18.6 Å². The van der Waals surface area contributed by atoms with Crippen LogP contribution in [0.25, 0.3) is 0 Å². The van der Waals surface area contributed by atoms with Crippen molar-refractivity contribution in [3.05, 3.63) is 54.1 Å². The van der Waals surface area contributed by atoms with Gasteiger partial charge in [0.25, 0.3) is 0 Å². The first-order valence-corrected chi connectivity index (χ1v) is 7.92. The van der Waals surface area contributed by atoms with Crippen LogP contribution in [0.3, 0.4) is 0 Å². The van der Waals surface area contributed by atoms with Crippen molar-refractivity contribution in [2.45, 2.75) is 13.0 Å². The van der Waals surface area contributed by atoms with Gasteiger partial charge in [0.2, 0.25) is 0 Å². The highest BCUT2D eigenvalue weighted by atomic mass is 79.9. The van der Waals surface area contributed by atoms with Gasteiger partial charge < -0.3 is 5.32 Å². The molecule has 1 atom stereocenters. The highest BCUT2D eigenvalue weighted by Gasteiger charge is 2.23. The number of rotatable bonds is 3. The van der Waals surface area contributed by atoms with Crippen molar-refractivity contribution in [1.82, 2.24) is 5.32 Å². The van der Waals surface area contributed by atoms with Gasteiger partial charge in [-0.3, -0.25) is 0 Å². The summed E-state index contributed by atoms with van der Waals surface area (Å²) in [5, 5.41) is 3.03. The first kappa shape index (κ1) is 15.1. The van der Waals surface area contributed by atoms with Crippen molar-refractivity contribution < 1.29 is 8.78 Å². The van der Waals surface area contributed by atoms with Crippen LogP contribution in [0.5, 0.6) is 0 Å². The maximum absolute atomic E-state index is 14.1. The van der Waals surface area contributed by atoms with Crippen molar-refractivity contribution >= 4 is 43.2 Å². The average Bonchev–Trinajstić information content (AvgIpc) is 2.69. The largest absolute Gasteiger partial charge is 0.309 e. The minimum absolute atomic E-state index is 0.302. The summed E-state index contributed by atoms with van der Waals surface area (Å²) >= 11 is 8.33. The normalized spacial score (nSPS) is 12.7. The van der Waals surface area contributed by atoms with E-state index in [2.05, 4.69) is 37.2 Å². The molecule has 0 bridgehead atoms. The molecular formula is C13H11Br2F2NS. The van der Waals surface area contributed by atoms with E-state index in [-0.39, 0.29) is 0 Å². The van der Waals surface area contributed by atoms with Gasteiger partial charge in [-0.2, -0.15) is 0 Å². The van der Waals surface area contributed by atoms with E-state index in [1.807, 2.05) is 6.07 Å². The Balaban J connectivity index is 2.54. The van der Waals surface area contributed by atoms with Crippen molar-refractivity contribution in [2.24, 2.45) is 0 Å². The van der Waals surface area contributed by atoms with Crippen molar-refractivity contribution in [2.75, 3.05) is 7.05 Å². The summed E-state index contributed by atoms with van der Waals surface area (Å²) in [5.74, 6) is -1.59. The molecule has 1 heterocycles. The van der Waals surface area contributed by atoms with E-state index in [1.54, 1.807) is 26.1 Å². The summed E-state index contributed by atoms with van der Waals surface area (Å²) in [4.78, 5) is 0. The molecular weight excluding hydrogens is 400 g/mol. The van der Waals surface area contributed by atoms with Gasteiger partial charge in [-0.15, -0.1) is 11.3 Å². The zero-order chi connectivity index (χ0) is 14.2. The fourth-order valence-electron chi connectivity index (χ4n) is 1.91. The number of nitrogens with one attached hydrogen (secondary N) is 1. The first-order chi connectivity index (χ1) is 8.95. The SMILES string of the molecule is CNC(c1cc(Br)sc1Br)c1ccc(C)c(F)c1F. The van der Waals surface area contributed by atoms with Crippen molar-refractivity contribution in [3.63, 3.8) is 0 Å². The molecule has 1 unspecified atom stereocenters.